The summed E-state index contributed by atoms with van der Waals surface area (Å²) < 4.78 is 5.07. The molecule has 0 aliphatic rings. The van der Waals surface area contributed by atoms with Crippen molar-refractivity contribution >= 4 is 27.9 Å². The van der Waals surface area contributed by atoms with Crippen LogP contribution in [0.5, 0.6) is 0 Å². The van der Waals surface area contributed by atoms with E-state index in [4.69, 9.17) is 4.66 Å². The van der Waals surface area contributed by atoms with Crippen LogP contribution in [0.1, 0.15) is 11.1 Å². The monoisotopic (exact) mass is 365 g/mol. The molecule has 4 heteroatoms. The molecule has 0 spiro atoms. The molecule has 0 radical (unpaired) electrons. The molecule has 0 aliphatic heterocycles. The van der Waals surface area contributed by atoms with Crippen LogP contribution >= 0.6 is 0 Å². The first-order valence-corrected chi connectivity index (χ1v) is 15.7. The van der Waals surface area contributed by atoms with Crippen molar-refractivity contribution < 1.29 is 0 Å². The molecule has 2 nitrogen and oxygen atoms in total. The molecule has 25 heavy (non-hydrogen) atoms. The van der Waals surface area contributed by atoms with Gasteiger partial charge in [0.05, 0.1) is 0 Å². The van der Waals surface area contributed by atoms with Gasteiger partial charge in [-0.1, -0.05) is 92.7 Å². The summed E-state index contributed by atoms with van der Waals surface area (Å²) in [5.41, 5.74) is 4.27. The quantitative estimate of drug-likeness (QED) is 0.403. The summed E-state index contributed by atoms with van der Waals surface area (Å²) in [6.07, 6.45) is 3.62. The van der Waals surface area contributed by atoms with E-state index in [1.807, 2.05) is 12.1 Å². The van der Waals surface area contributed by atoms with Crippen LogP contribution in [0.4, 0.5) is 0 Å². The number of rotatable bonds is 6. The highest BCUT2D eigenvalue weighted by molar-refractivity contribution is 6.76. The van der Waals surface area contributed by atoms with Gasteiger partial charge in [-0.05, 0) is 0 Å². The Bertz CT molecular complexity index is 737. The first kappa shape index (κ1) is 19.4. The first-order valence-electron chi connectivity index (χ1n) is 8.77. The molecule has 0 heterocycles. The molecular formula is C21H29N2Si2-. The van der Waals surface area contributed by atoms with Crippen molar-refractivity contribution in [1.29, 1.82) is 0 Å². The van der Waals surface area contributed by atoms with Gasteiger partial charge in [0.25, 0.3) is 0 Å². The van der Waals surface area contributed by atoms with E-state index in [0.29, 0.717) is 0 Å². The fourth-order valence-electron chi connectivity index (χ4n) is 2.37. The Balaban J connectivity index is 2.57. The second-order valence-corrected chi connectivity index (χ2v) is 17.6. The summed E-state index contributed by atoms with van der Waals surface area (Å²) in [7, 11) is -3.16. The van der Waals surface area contributed by atoms with Gasteiger partial charge in [-0.3, -0.25) is 0 Å². The van der Waals surface area contributed by atoms with Crippen molar-refractivity contribution in [3.05, 3.63) is 77.9 Å². The highest BCUT2D eigenvalue weighted by Crippen LogP contribution is 2.17. The maximum absolute atomic E-state index is 5.07. The number of nitrogens with zero attached hydrogens (tertiary/aromatic N) is 1. The Morgan fingerprint density at radius 3 is 1.68 bits per heavy atom. The predicted molar refractivity (Wildman–Crippen MR) is 116 cm³/mol. The fourth-order valence-corrected chi connectivity index (χ4v) is 4.18. The summed E-state index contributed by atoms with van der Waals surface area (Å²) >= 11 is 0. The van der Waals surface area contributed by atoms with Crippen molar-refractivity contribution in [1.82, 2.24) is 4.98 Å². The number of nitrogens with one attached hydrogen (secondary N) is 1. The summed E-state index contributed by atoms with van der Waals surface area (Å²) in [5.74, 6) is 0. The molecule has 0 bridgehead atoms. The Morgan fingerprint density at radius 1 is 0.760 bits per heavy atom. The zero-order valence-corrected chi connectivity index (χ0v) is 18.2. The van der Waals surface area contributed by atoms with Crippen molar-refractivity contribution in [2.75, 3.05) is 0 Å². The third kappa shape index (κ3) is 6.84. The van der Waals surface area contributed by atoms with E-state index < -0.39 is 16.5 Å². The second-order valence-electron chi connectivity index (χ2n) is 8.24. The van der Waals surface area contributed by atoms with Gasteiger partial charge in [0, 0.05) is 0 Å². The number of hydrogen-bond acceptors (Lipinski definition) is 2. The van der Waals surface area contributed by atoms with Crippen molar-refractivity contribution in [3.63, 3.8) is 0 Å². The normalized spacial score (nSPS) is 13.7. The van der Waals surface area contributed by atoms with Crippen LogP contribution < -0.4 is 4.98 Å². The Morgan fingerprint density at radius 2 is 1.24 bits per heavy atom. The summed E-state index contributed by atoms with van der Waals surface area (Å²) in [6.45, 7) is 13.7. The molecule has 0 fully saturated rings. The van der Waals surface area contributed by atoms with Gasteiger partial charge in [0.1, 0.15) is 8.24 Å². The van der Waals surface area contributed by atoms with Gasteiger partial charge in [0.2, 0.25) is 0 Å². The van der Waals surface area contributed by atoms with E-state index in [9.17, 15) is 0 Å². The smallest absolute Gasteiger partial charge is 0.169 e. The lowest BCUT2D eigenvalue weighted by Gasteiger charge is -2.28. The predicted octanol–water partition coefficient (Wildman–Crippen LogP) is 5.58. The molecular weight excluding hydrogens is 336 g/mol. The highest BCUT2D eigenvalue weighted by Gasteiger charge is 2.14. The van der Waals surface area contributed by atoms with Crippen LogP contribution in [0.3, 0.4) is 0 Å². The van der Waals surface area contributed by atoms with E-state index in [0.717, 1.165) is 22.5 Å². The SMILES string of the molecule is C[Si](C)(C)/N=C(/[C-]=C(N[Si](C)(C)C)c1ccccc1)c1ccccc1. The number of benzene rings is 2. The number of hydrogen-bond donors (Lipinski definition) is 1. The molecule has 0 unspecified atom stereocenters. The average molecular weight is 366 g/mol. The lowest BCUT2D eigenvalue weighted by atomic mass is 10.1. The largest absolute Gasteiger partial charge is 0.430 e. The van der Waals surface area contributed by atoms with E-state index in [-0.39, 0.29) is 0 Å². The van der Waals surface area contributed by atoms with Crippen LogP contribution in [0.25, 0.3) is 5.70 Å². The minimum Gasteiger partial charge on any atom is -0.430 e. The maximum atomic E-state index is 5.07. The van der Waals surface area contributed by atoms with Gasteiger partial charge in [-0.15, -0.1) is 35.9 Å². The molecule has 0 amide bonds. The van der Waals surface area contributed by atoms with Gasteiger partial charge < -0.3 is 9.64 Å². The topological polar surface area (TPSA) is 24.4 Å². The first-order chi connectivity index (χ1) is 11.6. The van der Waals surface area contributed by atoms with Crippen LogP contribution in [0.2, 0.25) is 39.3 Å². The zero-order valence-electron chi connectivity index (χ0n) is 16.2. The molecule has 2 aromatic carbocycles. The summed E-state index contributed by atoms with van der Waals surface area (Å²) in [6, 6.07) is 20.8. The van der Waals surface area contributed by atoms with E-state index in [1.54, 1.807) is 0 Å². The van der Waals surface area contributed by atoms with Crippen LogP contribution in [-0.2, 0) is 0 Å². The number of allylic oxidation sites excluding steroid dienone is 1. The minimum absolute atomic E-state index is 0.948. The highest BCUT2D eigenvalue weighted by atomic mass is 28.3. The van der Waals surface area contributed by atoms with Crippen LogP contribution in [0.15, 0.2) is 65.3 Å². The molecule has 0 atom stereocenters. The van der Waals surface area contributed by atoms with E-state index in [2.05, 4.69) is 98.9 Å². The Hall–Kier alpha value is -1.92. The zero-order chi connectivity index (χ0) is 18.5. The van der Waals surface area contributed by atoms with Crippen molar-refractivity contribution in [2.45, 2.75) is 39.3 Å². The molecule has 2 aromatic rings. The minimum atomic E-state index is -1.63. The lowest BCUT2D eigenvalue weighted by Crippen LogP contribution is -2.40. The average Bonchev–Trinajstić information content (AvgIpc) is 2.53. The third-order valence-electron chi connectivity index (χ3n) is 3.30. The molecule has 0 saturated carbocycles. The van der Waals surface area contributed by atoms with Crippen molar-refractivity contribution in [3.8, 4) is 0 Å². The summed E-state index contributed by atoms with van der Waals surface area (Å²) in [5, 5.41) is 0. The fraction of sp³-hybridized carbons (Fsp3) is 0.286. The van der Waals surface area contributed by atoms with Gasteiger partial charge in [-0.25, -0.2) is 0 Å². The van der Waals surface area contributed by atoms with Gasteiger partial charge in [-0.2, -0.15) is 0 Å². The van der Waals surface area contributed by atoms with Gasteiger partial charge in [0.15, 0.2) is 8.24 Å². The van der Waals surface area contributed by atoms with Crippen LogP contribution in [0, 0.1) is 6.08 Å². The van der Waals surface area contributed by atoms with Crippen molar-refractivity contribution in [2.24, 2.45) is 4.66 Å². The molecule has 0 aliphatic carbocycles. The molecule has 2 rings (SSSR count). The lowest BCUT2D eigenvalue weighted by molar-refractivity contribution is 1.26. The summed E-state index contributed by atoms with van der Waals surface area (Å²) in [4.78, 5) is 3.74. The van der Waals surface area contributed by atoms with E-state index >= 15 is 0 Å². The molecule has 132 valence electrons. The standard InChI is InChI=1S/C21H29N2Si2/c1-24(2,3)22-20(18-13-9-7-10-14-18)17-21(23-25(4,5)6)19-15-11-8-12-16-19/h7-16,22H,1-6H3/q-1/b23-21-. The Labute approximate surface area is 154 Å². The molecule has 0 saturated heterocycles. The molecule has 1 N–H and O–H groups in total. The van der Waals surface area contributed by atoms with Gasteiger partial charge >= 0.3 is 0 Å². The maximum Gasteiger partial charge on any atom is 0.169 e. The Kier molecular flexibility index (Phi) is 6.19. The molecule has 0 aromatic heterocycles. The van der Waals surface area contributed by atoms with Crippen LogP contribution in [-0.4, -0.2) is 22.2 Å². The third-order valence-corrected chi connectivity index (χ3v) is 5.19. The second kappa shape index (κ2) is 7.98. The van der Waals surface area contributed by atoms with E-state index in [1.165, 1.54) is 0 Å².